The van der Waals surface area contributed by atoms with E-state index in [4.69, 9.17) is 9.16 Å². The Balaban J connectivity index is 1.05. The van der Waals surface area contributed by atoms with Gasteiger partial charge in [0.05, 0.1) is 44.0 Å². The number of terminal acetylenes is 1. The molecule has 0 radical (unpaired) electrons. The van der Waals surface area contributed by atoms with Gasteiger partial charge in [0.2, 0.25) is 0 Å². The van der Waals surface area contributed by atoms with Crippen molar-refractivity contribution >= 4 is 43.6 Å². The normalized spacial score (nSPS) is 17.6. The Morgan fingerprint density at radius 2 is 0.673 bits per heavy atom. The van der Waals surface area contributed by atoms with Crippen LogP contribution < -0.4 is 0 Å². The minimum Gasteiger partial charge on any atom is -0.309 e. The Bertz CT molecular complexity index is 6970. The number of para-hydroxylation sites is 4. The lowest BCUT2D eigenvalue weighted by Gasteiger charge is -2.44. The van der Waals surface area contributed by atoms with Crippen LogP contribution in [0.4, 0.5) is 0 Å². The highest BCUT2D eigenvalue weighted by Gasteiger charge is 2.46. The smallest absolute Gasteiger partial charge is 0.0645 e. The first kappa shape index (κ1) is 48.2. The predicted octanol–water partition coefficient (Wildman–Crippen LogP) is 26.1. The monoisotopic (exact) mass is 1350 g/mol. The van der Waals surface area contributed by atoms with E-state index in [0.29, 0.717) is 28.1 Å². The molecule has 16 aromatic rings. The van der Waals surface area contributed by atoms with Crippen LogP contribution in [0.3, 0.4) is 0 Å². The summed E-state index contributed by atoms with van der Waals surface area (Å²) in [6, 6.07) is 63.3. The molecule has 3 aliphatic carbocycles. The standard InChI is InChI=1S/C102H82N2/c1-11-71-78(94-80-41-20-18-35-72(80)73-36-19-21-42-81(73)94)43-30-44-79(71)95-86-55-64(65-53-66(100(2,3)4)56-67(54-65)101(5,6)7)49-51-82(86)96-83-52-50-69(103-90-45-26-22-37-74(90)75-38-23-27-46-91(75)103)59-87(83)98(89-61-70(60-88(95)99(89)96)104-92-47-28-24-39-76(92)77-40-25-29-48-93(77)104)97-84(62-31-14-12-15-32-62)57-68(102(8,9)10)58-85(97)63-33-16-13-17-34-63/h1,12-61,94-96,98H,2-10H3/i22D,23D,24D,25D,26D,27D,28D,29D,37D,38D,39D,40D,45D,46D,47D,48D. The highest BCUT2D eigenvalue weighted by molar-refractivity contribution is 6.10. The Morgan fingerprint density at radius 1 is 0.288 bits per heavy atom. The summed E-state index contributed by atoms with van der Waals surface area (Å²) in [4.78, 5) is 0. The maximum absolute atomic E-state index is 10.2. The van der Waals surface area contributed by atoms with E-state index in [0.717, 1.165) is 117 Å². The summed E-state index contributed by atoms with van der Waals surface area (Å²) < 4.78 is 157. The summed E-state index contributed by atoms with van der Waals surface area (Å²) >= 11 is 0. The van der Waals surface area contributed by atoms with Gasteiger partial charge in [0.25, 0.3) is 0 Å². The number of aromatic nitrogens is 2. The van der Waals surface area contributed by atoms with E-state index in [1.165, 1.54) is 0 Å². The molecule has 14 aromatic carbocycles. The van der Waals surface area contributed by atoms with E-state index >= 15 is 0 Å². The largest absolute Gasteiger partial charge is 0.309 e. The molecule has 2 heterocycles. The average Bonchev–Trinajstić information content (AvgIpc) is 0.918. The minimum absolute atomic E-state index is 0.0649. The van der Waals surface area contributed by atoms with Gasteiger partial charge in [0, 0.05) is 62.2 Å². The van der Waals surface area contributed by atoms with E-state index < -0.39 is 120 Å². The second-order valence-electron chi connectivity index (χ2n) is 31.4. The van der Waals surface area contributed by atoms with Gasteiger partial charge in [-0.3, -0.25) is 0 Å². The lowest BCUT2D eigenvalue weighted by molar-refractivity contribution is 0.569. The maximum Gasteiger partial charge on any atom is 0.0645 e. The predicted molar refractivity (Wildman–Crippen MR) is 437 cm³/mol. The fourth-order valence-electron chi connectivity index (χ4n) is 17.4. The van der Waals surface area contributed by atoms with Crippen LogP contribution in [0.2, 0.25) is 0 Å². The highest BCUT2D eigenvalue weighted by atomic mass is 15.0. The summed E-state index contributed by atoms with van der Waals surface area (Å²) in [5.41, 5.74) is 20.9. The summed E-state index contributed by atoms with van der Waals surface area (Å²) in [6.45, 7) is 19.9. The molecule has 3 aliphatic rings. The first-order chi connectivity index (χ1) is 57.1. The summed E-state index contributed by atoms with van der Waals surface area (Å²) in [5.74, 6) is 0.531. The van der Waals surface area contributed by atoms with Gasteiger partial charge in [-0.05, 0) is 199 Å². The Hall–Kier alpha value is -11.8. The lowest BCUT2D eigenvalue weighted by atomic mass is 9.59. The van der Waals surface area contributed by atoms with Crippen LogP contribution in [-0.4, -0.2) is 9.13 Å². The maximum atomic E-state index is 10.2. The zero-order valence-electron chi connectivity index (χ0n) is 75.4. The van der Waals surface area contributed by atoms with Crippen LogP contribution in [0.5, 0.6) is 0 Å². The zero-order chi connectivity index (χ0) is 84.6. The molecule has 3 atom stereocenters. The van der Waals surface area contributed by atoms with Crippen LogP contribution >= 0.6 is 0 Å². The molecule has 2 nitrogen and oxygen atoms in total. The molecule has 0 saturated carbocycles. The quantitative estimate of drug-likeness (QED) is 0.134. The second kappa shape index (κ2) is 23.7. The van der Waals surface area contributed by atoms with E-state index in [1.807, 2.05) is 54.6 Å². The lowest BCUT2D eigenvalue weighted by Crippen LogP contribution is -2.29. The molecule has 0 fully saturated rings. The van der Waals surface area contributed by atoms with E-state index in [-0.39, 0.29) is 60.4 Å². The van der Waals surface area contributed by atoms with Gasteiger partial charge in [-0.15, -0.1) is 6.42 Å². The zero-order valence-corrected chi connectivity index (χ0v) is 59.4. The van der Waals surface area contributed by atoms with Crippen molar-refractivity contribution in [2.24, 2.45) is 0 Å². The van der Waals surface area contributed by atoms with Crippen LogP contribution in [0.15, 0.2) is 303 Å². The second-order valence-corrected chi connectivity index (χ2v) is 31.4. The summed E-state index contributed by atoms with van der Waals surface area (Å²) in [5, 5.41) is -0.377. The van der Waals surface area contributed by atoms with Crippen LogP contribution in [0.1, 0.15) is 197 Å². The molecule has 0 saturated heterocycles. The third kappa shape index (κ3) is 9.84. The number of fused-ring (bicyclic) bond motifs is 13. The van der Waals surface area contributed by atoms with Gasteiger partial charge in [-0.1, -0.05) is 317 Å². The van der Waals surface area contributed by atoms with Crippen molar-refractivity contribution in [2.45, 2.75) is 102 Å². The molecule has 0 amide bonds. The minimum atomic E-state index is -0.974. The SMILES string of the molecule is [2H]c1c([2H])c([2H])c2c(c1[2H])c1c([2H])c([2H])c([2H])c([2H])c1n2-c1ccc2c(c1)C(c1c(-c3ccccc3)cc(C(C)(C)C)cc1-c1ccccc1)c1cc(-n3c4c([2H])c([2H])c([2H])c([2H])c4c4c([2H])c([2H])c([2H])c([2H])c43)cc3c1C2c1ccc(-c2cc(C(C)(C)C)cc(C(C)(C)C)c2)cc1C3c1cccc(C2c3ccccc3-c3ccccc32)c1C#C. The van der Waals surface area contributed by atoms with Gasteiger partial charge in [0.1, 0.15) is 0 Å². The van der Waals surface area contributed by atoms with Crippen LogP contribution in [-0.2, 0) is 16.2 Å². The van der Waals surface area contributed by atoms with Crippen molar-refractivity contribution in [3.8, 4) is 68.2 Å². The van der Waals surface area contributed by atoms with Gasteiger partial charge in [-0.2, -0.15) is 0 Å². The molecule has 19 rings (SSSR count). The van der Waals surface area contributed by atoms with Crippen LogP contribution in [0, 0.1) is 12.3 Å². The van der Waals surface area contributed by atoms with Gasteiger partial charge in [-0.25, -0.2) is 0 Å². The summed E-state index contributed by atoms with van der Waals surface area (Å²) in [7, 11) is 0. The molecule has 0 bridgehead atoms. The average molecular weight is 1350 g/mol. The van der Waals surface area contributed by atoms with E-state index in [9.17, 15) is 19.2 Å². The van der Waals surface area contributed by atoms with Crippen molar-refractivity contribution in [1.29, 1.82) is 0 Å². The molecule has 2 heteroatoms. The Kier molecular flexibility index (Phi) is 11.0. The first-order valence-electron chi connectivity index (χ1n) is 43.8. The third-order valence-corrected chi connectivity index (χ3v) is 22.4. The fourth-order valence-corrected chi connectivity index (χ4v) is 17.4. The number of benzene rings is 14. The molecule has 3 unspecified atom stereocenters. The van der Waals surface area contributed by atoms with Crippen molar-refractivity contribution in [1.82, 2.24) is 9.13 Å². The Morgan fingerprint density at radius 3 is 1.15 bits per heavy atom. The fraction of sp³-hybridized carbons (Fsp3) is 0.157. The molecule has 2 aromatic heterocycles. The van der Waals surface area contributed by atoms with Gasteiger partial charge >= 0.3 is 0 Å². The molecular formula is C102H82N2. The molecular weight excluding hydrogens is 1250 g/mol. The first-order valence-corrected chi connectivity index (χ1v) is 35.8. The van der Waals surface area contributed by atoms with Crippen LogP contribution in [0.25, 0.3) is 99.5 Å². The number of hydrogen-bond acceptors (Lipinski definition) is 0. The van der Waals surface area contributed by atoms with Crippen molar-refractivity contribution in [2.75, 3.05) is 0 Å². The van der Waals surface area contributed by atoms with Crippen molar-refractivity contribution in [3.63, 3.8) is 0 Å². The van der Waals surface area contributed by atoms with Gasteiger partial charge < -0.3 is 9.13 Å². The van der Waals surface area contributed by atoms with E-state index in [1.54, 1.807) is 9.13 Å². The van der Waals surface area contributed by atoms with Gasteiger partial charge in [0.15, 0.2) is 0 Å². The van der Waals surface area contributed by atoms with Crippen molar-refractivity contribution in [3.05, 3.63) is 392 Å². The summed E-state index contributed by atoms with van der Waals surface area (Å²) in [6.07, 6.45) is 7.34. The molecule has 104 heavy (non-hydrogen) atoms. The molecule has 0 N–H and O–H groups in total. The number of nitrogens with zero attached hydrogens (tertiary/aromatic N) is 2. The molecule has 0 aliphatic heterocycles. The highest BCUT2D eigenvalue weighted by Crippen LogP contribution is 2.61. The van der Waals surface area contributed by atoms with E-state index in [2.05, 4.69) is 220 Å². The third-order valence-electron chi connectivity index (χ3n) is 22.4. The number of hydrogen-bond donors (Lipinski definition) is 0. The number of rotatable bonds is 8. The van der Waals surface area contributed by atoms with Crippen molar-refractivity contribution < 1.29 is 21.9 Å². The molecule has 0 spiro atoms. The molecule has 500 valence electrons. The topological polar surface area (TPSA) is 9.86 Å². The Labute approximate surface area is 634 Å².